The summed E-state index contributed by atoms with van der Waals surface area (Å²) in [6.07, 6.45) is 1.64. The number of hydrogen-bond donors (Lipinski definition) is 4. The molecule has 1 aliphatic heterocycles. The Morgan fingerprint density at radius 2 is 2.00 bits per heavy atom. The van der Waals surface area contributed by atoms with Crippen molar-refractivity contribution in [3.63, 3.8) is 0 Å². The molecule has 0 saturated carbocycles. The van der Waals surface area contributed by atoms with Crippen LogP contribution in [0.2, 0.25) is 5.02 Å². The summed E-state index contributed by atoms with van der Waals surface area (Å²) in [5.74, 6) is 1.90. The number of aromatic nitrogens is 2. The quantitative estimate of drug-likeness (QED) is 0.247. The van der Waals surface area contributed by atoms with Crippen molar-refractivity contribution in [1.29, 1.82) is 0 Å². The number of benzene rings is 2. The van der Waals surface area contributed by atoms with Crippen LogP contribution in [-0.2, 0) is 0 Å². The van der Waals surface area contributed by atoms with Gasteiger partial charge in [0.1, 0.15) is 29.5 Å². The van der Waals surface area contributed by atoms with Crippen LogP contribution in [0.1, 0.15) is 43.1 Å². The van der Waals surface area contributed by atoms with Crippen LogP contribution < -0.4 is 26.0 Å². The molecule has 0 aliphatic carbocycles. The minimum atomic E-state index is -2.41. The van der Waals surface area contributed by atoms with Crippen molar-refractivity contribution in [2.75, 3.05) is 30.3 Å². The van der Waals surface area contributed by atoms with Crippen LogP contribution in [0.15, 0.2) is 54.4 Å². The average Bonchev–Trinajstić information content (AvgIpc) is 3.07. The summed E-state index contributed by atoms with van der Waals surface area (Å²) in [5, 5.41) is 12.6. The Morgan fingerprint density at radius 1 is 1.18 bits per heavy atom. The normalized spacial score (nSPS) is 13.2. The van der Waals surface area contributed by atoms with Gasteiger partial charge in [-0.05, 0) is 69.7 Å². The van der Waals surface area contributed by atoms with Gasteiger partial charge < -0.3 is 26.0 Å². The number of nitrogens with one attached hydrogen (secondary N) is 4. The standard InChI is InChI=1S/C28H31ClF2N6O2/c1-28(2,3)37-27(38)18-5-4-6-20(12-18)39-23-8-7-19(13-22(23)29)36-26-21-11-17(14-32-15-24(30)31)9-10-33-25(21)34-16-35-26/h4-8,11-13,16,24,32H,9-10,14-15H2,1-3H3,(H,37,38)(H2,33,34,35,36). The van der Waals surface area contributed by atoms with Gasteiger partial charge in [-0.2, -0.15) is 0 Å². The van der Waals surface area contributed by atoms with Crippen LogP contribution in [-0.4, -0.2) is 47.5 Å². The fourth-order valence-electron chi connectivity index (χ4n) is 3.91. The molecule has 1 aliphatic rings. The van der Waals surface area contributed by atoms with Gasteiger partial charge >= 0.3 is 0 Å². The Labute approximate surface area is 231 Å². The number of carbonyl (C=O) groups excluding carboxylic acids is 1. The number of alkyl halides is 2. The molecule has 0 unspecified atom stereocenters. The Bertz CT molecular complexity index is 1360. The van der Waals surface area contributed by atoms with E-state index in [0.717, 1.165) is 11.1 Å². The van der Waals surface area contributed by atoms with Crippen LogP contribution in [0.25, 0.3) is 6.08 Å². The number of halogens is 3. The topological polar surface area (TPSA) is 100 Å². The predicted octanol–water partition coefficient (Wildman–Crippen LogP) is 6.25. The Balaban J connectivity index is 1.49. The molecule has 4 rings (SSSR count). The Morgan fingerprint density at radius 3 is 2.74 bits per heavy atom. The van der Waals surface area contributed by atoms with Gasteiger partial charge in [-0.3, -0.25) is 4.79 Å². The number of ether oxygens (including phenoxy) is 1. The van der Waals surface area contributed by atoms with Crippen molar-refractivity contribution in [2.24, 2.45) is 0 Å². The minimum Gasteiger partial charge on any atom is -0.456 e. The van der Waals surface area contributed by atoms with E-state index in [-0.39, 0.29) is 18.0 Å². The first-order valence-electron chi connectivity index (χ1n) is 12.5. The molecular weight excluding hydrogens is 526 g/mol. The minimum absolute atomic E-state index is 0.195. The van der Waals surface area contributed by atoms with Gasteiger partial charge in [-0.1, -0.05) is 23.2 Å². The van der Waals surface area contributed by atoms with Gasteiger partial charge in [-0.15, -0.1) is 0 Å². The molecule has 0 bridgehead atoms. The molecule has 0 fully saturated rings. The number of amides is 1. The maximum absolute atomic E-state index is 12.5. The van der Waals surface area contributed by atoms with Crippen LogP contribution >= 0.6 is 11.6 Å². The van der Waals surface area contributed by atoms with E-state index >= 15 is 0 Å². The molecule has 0 atom stereocenters. The third-order valence-corrected chi connectivity index (χ3v) is 5.92. The van der Waals surface area contributed by atoms with Gasteiger partial charge in [0.15, 0.2) is 0 Å². The lowest BCUT2D eigenvalue weighted by molar-refractivity contribution is 0.0919. The summed E-state index contributed by atoms with van der Waals surface area (Å²) in [6.45, 7) is 6.35. The Hall–Kier alpha value is -3.76. The molecular formula is C28H31ClF2N6O2. The predicted molar refractivity (Wildman–Crippen MR) is 150 cm³/mol. The van der Waals surface area contributed by atoms with E-state index in [9.17, 15) is 13.6 Å². The fourth-order valence-corrected chi connectivity index (χ4v) is 4.13. The molecule has 0 radical (unpaired) electrons. The van der Waals surface area contributed by atoms with Crippen LogP contribution in [0.5, 0.6) is 11.5 Å². The molecule has 1 aromatic heterocycles. The SMILES string of the molecule is CC(C)(C)NC(=O)c1cccc(Oc2ccc(Nc3ncnc4c3C=C(CNCC(F)F)CCN4)cc2Cl)c1. The summed E-state index contributed by atoms with van der Waals surface area (Å²) in [4.78, 5) is 21.2. The number of carbonyl (C=O) groups is 1. The van der Waals surface area contributed by atoms with E-state index in [1.165, 1.54) is 6.33 Å². The summed E-state index contributed by atoms with van der Waals surface area (Å²) in [5.41, 5.74) is 2.47. The second-order valence-corrected chi connectivity index (χ2v) is 10.5. The third-order valence-electron chi connectivity index (χ3n) is 5.63. The molecule has 11 heteroatoms. The van der Waals surface area contributed by atoms with Crippen molar-refractivity contribution in [1.82, 2.24) is 20.6 Å². The van der Waals surface area contributed by atoms with E-state index in [2.05, 4.69) is 31.2 Å². The summed E-state index contributed by atoms with van der Waals surface area (Å²) >= 11 is 6.54. The van der Waals surface area contributed by atoms with E-state index < -0.39 is 6.43 Å². The van der Waals surface area contributed by atoms with Gasteiger partial charge in [-0.25, -0.2) is 18.7 Å². The van der Waals surface area contributed by atoms with E-state index in [1.807, 2.05) is 26.8 Å². The maximum atomic E-state index is 12.5. The molecule has 1 amide bonds. The zero-order chi connectivity index (χ0) is 28.0. The molecule has 2 aromatic carbocycles. The molecule has 8 nitrogen and oxygen atoms in total. The fraction of sp³-hybridized carbons (Fsp3) is 0.321. The second kappa shape index (κ2) is 12.4. The van der Waals surface area contributed by atoms with Crippen LogP contribution in [0, 0.1) is 0 Å². The van der Waals surface area contributed by atoms with Crippen molar-refractivity contribution in [3.8, 4) is 11.5 Å². The third kappa shape index (κ3) is 8.11. The highest BCUT2D eigenvalue weighted by molar-refractivity contribution is 6.32. The van der Waals surface area contributed by atoms with Crippen molar-refractivity contribution >= 4 is 40.9 Å². The first-order chi connectivity index (χ1) is 18.6. The number of fused-ring (bicyclic) bond motifs is 1. The highest BCUT2D eigenvalue weighted by Gasteiger charge is 2.17. The van der Waals surface area contributed by atoms with Crippen LogP contribution in [0.3, 0.4) is 0 Å². The van der Waals surface area contributed by atoms with Gasteiger partial charge in [0, 0.05) is 29.9 Å². The first kappa shape index (κ1) is 28.3. The maximum Gasteiger partial charge on any atom is 0.251 e. The molecule has 0 spiro atoms. The Kier molecular flexibility index (Phi) is 8.98. The number of hydrogen-bond acceptors (Lipinski definition) is 7. The smallest absolute Gasteiger partial charge is 0.251 e. The van der Waals surface area contributed by atoms with E-state index in [4.69, 9.17) is 16.3 Å². The monoisotopic (exact) mass is 556 g/mol. The zero-order valence-corrected chi connectivity index (χ0v) is 22.7. The average molecular weight is 557 g/mol. The molecule has 0 saturated heterocycles. The highest BCUT2D eigenvalue weighted by atomic mass is 35.5. The summed E-state index contributed by atoms with van der Waals surface area (Å²) in [7, 11) is 0. The highest BCUT2D eigenvalue weighted by Crippen LogP contribution is 2.34. The van der Waals surface area contributed by atoms with Gasteiger partial charge in [0.25, 0.3) is 12.3 Å². The van der Waals surface area contributed by atoms with Gasteiger partial charge in [0.2, 0.25) is 0 Å². The lowest BCUT2D eigenvalue weighted by Gasteiger charge is -2.20. The zero-order valence-electron chi connectivity index (χ0n) is 21.9. The van der Waals surface area contributed by atoms with Gasteiger partial charge in [0.05, 0.1) is 17.1 Å². The summed E-state index contributed by atoms with van der Waals surface area (Å²) < 4.78 is 31.0. The first-order valence-corrected chi connectivity index (χ1v) is 12.9. The summed E-state index contributed by atoms with van der Waals surface area (Å²) in [6, 6.07) is 12.1. The van der Waals surface area contributed by atoms with Crippen molar-refractivity contribution in [3.05, 3.63) is 70.5 Å². The largest absolute Gasteiger partial charge is 0.456 e. The van der Waals surface area contributed by atoms with E-state index in [1.54, 1.807) is 42.5 Å². The molecule has 39 heavy (non-hydrogen) atoms. The second-order valence-electron chi connectivity index (χ2n) is 10.1. The lowest BCUT2D eigenvalue weighted by Crippen LogP contribution is -2.40. The lowest BCUT2D eigenvalue weighted by atomic mass is 10.1. The molecule has 206 valence electrons. The van der Waals surface area contributed by atoms with E-state index in [0.29, 0.717) is 58.9 Å². The number of anilines is 3. The van der Waals surface area contributed by atoms with Crippen molar-refractivity contribution in [2.45, 2.75) is 39.2 Å². The number of rotatable bonds is 9. The number of nitrogens with zero attached hydrogens (tertiary/aromatic N) is 2. The van der Waals surface area contributed by atoms with Crippen LogP contribution in [0.4, 0.5) is 26.1 Å². The molecule has 3 aromatic rings. The molecule has 2 heterocycles. The molecule has 4 N–H and O–H groups in total. The van der Waals surface area contributed by atoms with Crippen molar-refractivity contribution < 1.29 is 18.3 Å².